The Labute approximate surface area is 775 Å². The van der Waals surface area contributed by atoms with Crippen LogP contribution in [0.15, 0.2) is 48.5 Å². The van der Waals surface area contributed by atoms with Gasteiger partial charge in [-0.15, -0.1) is 0 Å². The summed E-state index contributed by atoms with van der Waals surface area (Å²) in [5.74, 6) is -14.3. The summed E-state index contributed by atoms with van der Waals surface area (Å²) in [7, 11) is 4.87. The van der Waals surface area contributed by atoms with Gasteiger partial charge in [-0.3, -0.25) is 47.9 Å². The van der Waals surface area contributed by atoms with Crippen molar-refractivity contribution in [2.24, 2.45) is 38.5 Å². The number of Topliss-reactive ketones (excluding diaryl/α,β-unsaturated/α-hetero) is 2. The van der Waals surface area contributed by atoms with Crippen LogP contribution in [0.1, 0.15) is 233 Å². The average molecular weight is 1920 g/mol. The summed E-state index contributed by atoms with van der Waals surface area (Å²) < 4.78 is 102. The van der Waals surface area contributed by atoms with Gasteiger partial charge in [0.05, 0.1) is 40.5 Å². The molecule has 0 aliphatic carbocycles. The minimum atomic E-state index is -5.77. The van der Waals surface area contributed by atoms with Crippen molar-refractivity contribution >= 4 is 107 Å². The second-order valence-corrected chi connectivity index (χ2v) is 40.9. The van der Waals surface area contributed by atoms with Gasteiger partial charge in [0.2, 0.25) is 23.6 Å². The van der Waals surface area contributed by atoms with E-state index in [2.05, 4.69) is 37.2 Å². The van der Waals surface area contributed by atoms with Crippen molar-refractivity contribution in [3.05, 3.63) is 70.8 Å². The zero-order valence-corrected chi connectivity index (χ0v) is 81.1. The zero-order chi connectivity index (χ0) is 104. The number of halogens is 6. The topological polar surface area (TPSA) is 541 Å². The van der Waals surface area contributed by atoms with Crippen molar-refractivity contribution in [3.63, 3.8) is 0 Å². The van der Waals surface area contributed by atoms with Crippen LogP contribution in [0.5, 0.6) is 0 Å². The number of rotatable bonds is 21. The molecule has 12 N–H and O–H groups in total. The van der Waals surface area contributed by atoms with Crippen molar-refractivity contribution < 1.29 is 151 Å². The molecule has 4 aliphatic rings. The van der Waals surface area contributed by atoms with E-state index >= 15 is 0 Å². The summed E-state index contributed by atoms with van der Waals surface area (Å²) in [6.07, 6.45) is -13.4. The lowest BCUT2D eigenvalue weighted by Gasteiger charge is -2.35. The summed E-state index contributed by atoms with van der Waals surface area (Å²) in [6, 6.07) is 0.661. The largest absolute Gasteiger partial charge is 0.480 e. The summed E-state index contributed by atoms with van der Waals surface area (Å²) >= 11 is 0. The van der Waals surface area contributed by atoms with Gasteiger partial charge in [0.1, 0.15) is 59.1 Å². The Bertz CT molecular complexity index is 4340. The van der Waals surface area contributed by atoms with Crippen LogP contribution >= 0.6 is 0 Å². The van der Waals surface area contributed by atoms with Gasteiger partial charge in [0.25, 0.3) is 23.6 Å². The molecular weight excluding hydrogens is 1780 g/mol. The van der Waals surface area contributed by atoms with Crippen LogP contribution in [-0.2, 0) is 85.9 Å². The number of likely N-dealkylation sites (tertiary alicyclic amines) is 4. The molecule has 4 fully saturated rings. The maximum atomic E-state index is 14.0. The third kappa shape index (κ3) is 34.9. The number of nitrogens with two attached hydrogens (primary N) is 2. The van der Waals surface area contributed by atoms with E-state index in [1.54, 1.807) is 125 Å². The first-order chi connectivity index (χ1) is 60.7. The Morgan fingerprint density at radius 2 is 0.507 bits per heavy atom. The van der Waals surface area contributed by atoms with Crippen LogP contribution in [0.2, 0.25) is 0 Å². The van der Waals surface area contributed by atoms with Crippen molar-refractivity contribution in [1.29, 1.82) is 0 Å². The molecule has 752 valence electrons. The Kier molecular flexibility index (Phi) is 39.9. The molecule has 134 heavy (non-hydrogen) atoms. The molecule has 13 atom stereocenters. The number of amides is 11. The lowest BCUT2D eigenvalue weighted by molar-refractivity contribution is -0.193. The third-order valence-electron chi connectivity index (χ3n) is 20.8. The van der Waals surface area contributed by atoms with Crippen molar-refractivity contribution in [2.45, 2.75) is 300 Å². The van der Waals surface area contributed by atoms with E-state index in [0.29, 0.717) is 0 Å². The quantitative estimate of drug-likeness (QED) is 0.0267. The predicted octanol–water partition coefficient (Wildman–Crippen LogP) is 6.75. The number of carbonyl (C=O) groups is 18. The fraction of sp³-hybridized carbons (Fsp3) is 0.663. The van der Waals surface area contributed by atoms with Gasteiger partial charge < -0.3 is 107 Å². The minimum Gasteiger partial charge on any atom is -0.480 e. The highest BCUT2D eigenvalue weighted by atomic mass is 19.4. The number of hydrogen-bond donors (Lipinski definition) is 10. The number of nitrogens with zero attached hydrogens (tertiary/aromatic N) is 4. The van der Waals surface area contributed by atoms with Crippen LogP contribution in [0.3, 0.4) is 0 Å². The third-order valence-corrected chi connectivity index (χ3v) is 20.8. The van der Waals surface area contributed by atoms with Gasteiger partial charge in [0, 0.05) is 98.3 Å². The second kappa shape index (κ2) is 46.0. The van der Waals surface area contributed by atoms with E-state index in [1.165, 1.54) is 96.6 Å². The molecule has 4 aliphatic heterocycles. The number of aliphatic carboxylic acids is 1. The van der Waals surface area contributed by atoms with E-state index in [9.17, 15) is 113 Å². The number of carboxylic acids is 1. The average Bonchev–Trinajstić information content (AvgIpc) is 1.65. The highest BCUT2D eigenvalue weighted by Crippen LogP contribution is 2.34. The highest BCUT2D eigenvalue weighted by molar-refractivity contribution is 6.41. The summed E-state index contributed by atoms with van der Waals surface area (Å²) in [5.41, 5.74) is 7.80. The molecule has 0 spiro atoms. The molecule has 4 heterocycles. The molecule has 39 nitrogen and oxygen atoms in total. The van der Waals surface area contributed by atoms with Crippen LogP contribution < -0.4 is 48.7 Å². The number of ketones is 2. The van der Waals surface area contributed by atoms with Gasteiger partial charge in [0.15, 0.2) is 0 Å². The van der Waals surface area contributed by atoms with E-state index in [0.717, 1.165) is 0 Å². The normalized spacial score (nSPS) is 19.9. The molecule has 2 aromatic carbocycles. The van der Waals surface area contributed by atoms with E-state index in [4.69, 9.17) is 49.7 Å². The number of ether oxygens (including phenoxy) is 7. The SMILES string of the molecule is CC(C)(C)OC(=O)N[C@H](C(=O)O)C(C)(C)C.COC(=O)[C@@H]1C[C@H](NC(=O)c2ccc(C(=O)N[C@H]3C[C@@H](C(=O)OC)N(C(=O)[C@@H](N)C(C)(C)C)C3)cc2)CN1C(=O)[C@@H](N)C(C)(C)C.COC(=O)[C@@H]1C[C@H](NC(=O)c2ccc(C(=O)N[C@H]3C[C@@H](C(=O)OC)N(C(=O)[C@@H](NC(=O)OC(C)(C)C)C(C)(C)C)C3)cc2)CN1C(=O)[C@@H](NC(=O)OC(C)(C)C)C(C)(C)C.O=C(C(=O)C(F)(F)F)C(F)(F)F. The van der Waals surface area contributed by atoms with Gasteiger partial charge >= 0.3 is 72.0 Å². The number of hydrogen-bond acceptors (Lipinski definition) is 27. The van der Waals surface area contributed by atoms with E-state index < -0.39 is 242 Å². The number of carboxylic acid groups (broad SMARTS) is 1. The molecule has 0 radical (unpaired) electrons. The molecule has 4 saturated heterocycles. The number of esters is 4. The summed E-state index contributed by atoms with van der Waals surface area (Å²) in [5, 5.41) is 28.1. The molecule has 0 saturated carbocycles. The summed E-state index contributed by atoms with van der Waals surface area (Å²) in [6.45, 7) is 42.2. The number of alkyl carbamates (subject to hydrolysis) is 3. The highest BCUT2D eigenvalue weighted by Gasteiger charge is 2.55. The molecule has 0 unspecified atom stereocenters. The molecule has 0 bridgehead atoms. The fourth-order valence-corrected chi connectivity index (χ4v) is 13.7. The lowest BCUT2D eigenvalue weighted by atomic mass is 9.85. The monoisotopic (exact) mass is 1910 g/mol. The maximum absolute atomic E-state index is 14.0. The number of alkyl halides is 6. The molecule has 6 rings (SSSR count). The Hall–Kier alpha value is -11.8. The Balaban J connectivity index is 0.000000544. The predicted molar refractivity (Wildman–Crippen MR) is 469 cm³/mol. The molecule has 0 aromatic heterocycles. The fourth-order valence-electron chi connectivity index (χ4n) is 13.7. The first kappa shape index (κ1) is 116. The minimum absolute atomic E-state index is 0.0472. The first-order valence-corrected chi connectivity index (χ1v) is 42.7. The van der Waals surface area contributed by atoms with Gasteiger partial charge in [-0.1, -0.05) is 104 Å². The molecule has 2 aromatic rings. The Morgan fingerprint density at radius 1 is 0.321 bits per heavy atom. The van der Waals surface area contributed by atoms with Crippen molar-refractivity contribution in [1.82, 2.24) is 56.8 Å². The van der Waals surface area contributed by atoms with Crippen LogP contribution in [0.4, 0.5) is 40.7 Å². The molecule has 45 heteroatoms. The van der Waals surface area contributed by atoms with Crippen molar-refractivity contribution in [3.8, 4) is 0 Å². The second-order valence-electron chi connectivity index (χ2n) is 40.9. The van der Waals surface area contributed by atoms with Gasteiger partial charge in [-0.25, -0.2) is 38.4 Å². The lowest BCUT2D eigenvalue weighted by Crippen LogP contribution is -2.57. The molecule has 11 amide bonds. The van der Waals surface area contributed by atoms with Gasteiger partial charge in [-0.2, -0.15) is 26.3 Å². The number of benzene rings is 2. The van der Waals surface area contributed by atoms with E-state index in [-0.39, 0.29) is 74.1 Å². The molecular formula is C89H133F6N13O26. The smallest absolute Gasteiger partial charge is 0.458 e. The van der Waals surface area contributed by atoms with Gasteiger partial charge in [-0.05, 0) is 138 Å². The maximum Gasteiger partial charge on any atom is 0.458 e. The van der Waals surface area contributed by atoms with Crippen LogP contribution in [0.25, 0.3) is 0 Å². The van der Waals surface area contributed by atoms with E-state index in [1.807, 2.05) is 41.5 Å². The van der Waals surface area contributed by atoms with Crippen LogP contribution in [0, 0.1) is 27.1 Å². The van der Waals surface area contributed by atoms with Crippen molar-refractivity contribution in [2.75, 3.05) is 54.6 Å². The van der Waals surface area contributed by atoms with Crippen LogP contribution in [-0.4, -0.2) is 294 Å². The first-order valence-electron chi connectivity index (χ1n) is 42.7. The number of methoxy groups -OCH3 is 4. The number of nitrogens with one attached hydrogen (secondary N) is 7. The summed E-state index contributed by atoms with van der Waals surface area (Å²) in [4.78, 5) is 230. The standard InChI is InChI=1S/C42H64N6O12.C32H48N6O8.C11H21NO4.C4F6O2/c1-39(2,3)29(45-37(55)59-41(7,8)9)33(51)47-21-25(19-27(47)35(53)57-13)43-31(49)23-15-17-24(18-16-23)32(50)44-26-20-28(36(54)58-14)48(22-26)34(52)30(40(4,5)6)46-38(56)60-42(10,11)12;1-31(2,3)23(33)27(41)37-15-19(13-21(37)29(43)45-7)35-25(39)17-9-11-18(12-10-17)26(40)36-20-14-22(30(44)46-8)38(16-20)28(42)24(34)32(4,5)6;1-10(2,3)7(8(13)14)12-9(15)16-11(4,5)6;5-3(6,7)1(11)2(12)4(8,9)10/h15-18,25-30H,19-22H2,1-14H3,(H,43,49)(H,44,50)(H,45,55)(H,46,56);9-12,19-24H,13-16,33-34H2,1-8H3,(H,35,39)(H,36,40);7H,1-6H3,(H,12,15)(H,13,14);/t25-,26-,27-,28-,29+,30+;19-,20-,21-,22-,23+,24+;7-;/m001./s1. The Morgan fingerprint density at radius 3 is 0.664 bits per heavy atom. The number of carbonyl (C=O) groups excluding carboxylic acids is 17. The zero-order valence-electron chi connectivity index (χ0n) is 81.1.